The molecule has 0 unspecified atom stereocenters. The molecular formula is C20H19ClN2O4. The fourth-order valence-corrected chi connectivity index (χ4v) is 3.09. The zero-order valence-electron chi connectivity index (χ0n) is 15.0. The van der Waals surface area contributed by atoms with Crippen LogP contribution >= 0.6 is 11.6 Å². The highest BCUT2D eigenvalue weighted by molar-refractivity contribution is 6.33. The van der Waals surface area contributed by atoms with Gasteiger partial charge in [-0.05, 0) is 36.8 Å². The number of aromatic nitrogens is 1. The molecule has 1 amide bonds. The van der Waals surface area contributed by atoms with Crippen molar-refractivity contribution in [1.82, 2.24) is 10.3 Å². The Kier molecular flexibility index (Phi) is 5.66. The topological polar surface area (TPSA) is 80.4 Å². The molecule has 7 heteroatoms. The summed E-state index contributed by atoms with van der Waals surface area (Å²) in [6.07, 6.45) is 0.363. The van der Waals surface area contributed by atoms with Crippen molar-refractivity contribution in [2.24, 2.45) is 0 Å². The number of hydrogen-bond acceptors (Lipinski definition) is 4. The Morgan fingerprint density at radius 2 is 1.81 bits per heavy atom. The Hall–Kier alpha value is -2.99. The molecule has 0 spiro atoms. The normalized spacial score (nSPS) is 10.6. The van der Waals surface area contributed by atoms with Crippen molar-refractivity contribution in [3.05, 3.63) is 69.0 Å². The number of hydrogen-bond donors (Lipinski definition) is 2. The number of fused-ring (bicyclic) bond motifs is 1. The average Bonchev–Trinajstić information content (AvgIpc) is 2.67. The fourth-order valence-electron chi connectivity index (χ4n) is 2.87. The lowest BCUT2D eigenvalue weighted by Gasteiger charge is -2.11. The van der Waals surface area contributed by atoms with E-state index in [0.29, 0.717) is 46.1 Å². The minimum Gasteiger partial charge on any atom is -0.496 e. The molecule has 140 valence electrons. The number of benzene rings is 2. The van der Waals surface area contributed by atoms with Gasteiger partial charge < -0.3 is 19.8 Å². The van der Waals surface area contributed by atoms with Crippen LogP contribution in [0.2, 0.25) is 5.02 Å². The molecule has 0 aliphatic carbocycles. The Bertz CT molecular complexity index is 1050. The molecule has 3 aromatic rings. The van der Waals surface area contributed by atoms with Gasteiger partial charge in [-0.15, -0.1) is 0 Å². The fraction of sp³-hybridized carbons (Fsp3) is 0.200. The number of halogens is 1. The highest BCUT2D eigenvalue weighted by atomic mass is 35.5. The molecule has 0 radical (unpaired) electrons. The van der Waals surface area contributed by atoms with Crippen molar-refractivity contribution in [2.45, 2.75) is 6.42 Å². The van der Waals surface area contributed by atoms with E-state index < -0.39 is 0 Å². The minimum atomic E-state index is -0.280. The van der Waals surface area contributed by atoms with Crippen LogP contribution in [-0.2, 0) is 6.42 Å². The van der Waals surface area contributed by atoms with Gasteiger partial charge in [-0.1, -0.05) is 23.7 Å². The summed E-state index contributed by atoms with van der Waals surface area (Å²) in [4.78, 5) is 27.5. The summed E-state index contributed by atoms with van der Waals surface area (Å²) < 4.78 is 10.7. The maximum absolute atomic E-state index is 12.4. The second-order valence-electron chi connectivity index (χ2n) is 5.87. The third-order valence-corrected chi connectivity index (χ3v) is 4.58. The number of H-pyrrole nitrogens is 1. The first-order valence-electron chi connectivity index (χ1n) is 8.34. The molecule has 1 aromatic heterocycles. The summed E-state index contributed by atoms with van der Waals surface area (Å²) in [5, 5.41) is 3.91. The van der Waals surface area contributed by atoms with E-state index in [-0.39, 0.29) is 11.5 Å². The highest BCUT2D eigenvalue weighted by Gasteiger charge is 2.13. The van der Waals surface area contributed by atoms with Crippen LogP contribution in [0.1, 0.15) is 15.9 Å². The summed E-state index contributed by atoms with van der Waals surface area (Å²) in [5.74, 6) is 0.905. The average molecular weight is 387 g/mol. The first kappa shape index (κ1) is 18.8. The van der Waals surface area contributed by atoms with Crippen molar-refractivity contribution < 1.29 is 14.3 Å². The van der Waals surface area contributed by atoms with E-state index in [2.05, 4.69) is 10.3 Å². The third-order valence-electron chi connectivity index (χ3n) is 4.25. The Labute approximate surface area is 161 Å². The van der Waals surface area contributed by atoms with Gasteiger partial charge in [0.15, 0.2) is 0 Å². The van der Waals surface area contributed by atoms with Crippen molar-refractivity contribution >= 4 is 28.4 Å². The predicted octanol–water partition coefficient (Wildman–Crippen LogP) is 3.17. The zero-order chi connectivity index (χ0) is 19.4. The SMILES string of the molecule is COc1ccc(OC)c2[nH]c(=O)c(CCNC(=O)c3ccccc3Cl)cc12. The van der Waals surface area contributed by atoms with Crippen LogP contribution < -0.4 is 20.3 Å². The molecule has 0 aliphatic rings. The second kappa shape index (κ2) is 8.14. The monoisotopic (exact) mass is 386 g/mol. The van der Waals surface area contributed by atoms with E-state index in [1.807, 2.05) is 0 Å². The van der Waals surface area contributed by atoms with Gasteiger partial charge in [-0.2, -0.15) is 0 Å². The number of carbonyl (C=O) groups is 1. The smallest absolute Gasteiger partial charge is 0.252 e. The molecule has 6 nitrogen and oxygen atoms in total. The van der Waals surface area contributed by atoms with Gasteiger partial charge in [-0.25, -0.2) is 0 Å². The molecule has 0 saturated carbocycles. The van der Waals surface area contributed by atoms with Crippen LogP contribution in [0.25, 0.3) is 10.9 Å². The molecule has 3 rings (SSSR count). The lowest BCUT2D eigenvalue weighted by Crippen LogP contribution is -2.27. The molecule has 0 bridgehead atoms. The molecule has 2 aromatic carbocycles. The number of amides is 1. The van der Waals surface area contributed by atoms with E-state index >= 15 is 0 Å². The largest absolute Gasteiger partial charge is 0.496 e. The second-order valence-corrected chi connectivity index (χ2v) is 6.28. The quantitative estimate of drug-likeness (QED) is 0.681. The maximum Gasteiger partial charge on any atom is 0.252 e. The molecule has 0 atom stereocenters. The Morgan fingerprint density at radius 3 is 2.52 bits per heavy atom. The number of methoxy groups -OCH3 is 2. The van der Waals surface area contributed by atoms with Gasteiger partial charge in [0.1, 0.15) is 11.5 Å². The molecule has 2 N–H and O–H groups in total. The third kappa shape index (κ3) is 3.90. The highest BCUT2D eigenvalue weighted by Crippen LogP contribution is 2.31. The maximum atomic E-state index is 12.4. The van der Waals surface area contributed by atoms with Crippen molar-refractivity contribution in [3.8, 4) is 11.5 Å². The van der Waals surface area contributed by atoms with Crippen LogP contribution in [0.5, 0.6) is 11.5 Å². The van der Waals surface area contributed by atoms with Crippen LogP contribution in [-0.4, -0.2) is 31.7 Å². The Balaban J connectivity index is 1.81. The lowest BCUT2D eigenvalue weighted by molar-refractivity contribution is 0.0954. The lowest BCUT2D eigenvalue weighted by atomic mass is 10.1. The van der Waals surface area contributed by atoms with E-state index in [9.17, 15) is 9.59 Å². The van der Waals surface area contributed by atoms with Crippen LogP contribution in [0, 0.1) is 0 Å². The van der Waals surface area contributed by atoms with E-state index in [1.165, 1.54) is 7.11 Å². The Morgan fingerprint density at radius 1 is 1.11 bits per heavy atom. The molecular weight excluding hydrogens is 368 g/mol. The van der Waals surface area contributed by atoms with E-state index in [4.69, 9.17) is 21.1 Å². The van der Waals surface area contributed by atoms with Crippen LogP contribution in [0.3, 0.4) is 0 Å². The van der Waals surface area contributed by atoms with Crippen molar-refractivity contribution in [2.75, 3.05) is 20.8 Å². The number of aromatic amines is 1. The van der Waals surface area contributed by atoms with Gasteiger partial charge >= 0.3 is 0 Å². The predicted molar refractivity (Wildman–Crippen MR) is 105 cm³/mol. The molecule has 27 heavy (non-hydrogen) atoms. The number of rotatable bonds is 6. The number of nitrogens with one attached hydrogen (secondary N) is 2. The summed E-state index contributed by atoms with van der Waals surface area (Å²) in [6.45, 7) is 0.297. The first-order valence-corrected chi connectivity index (χ1v) is 8.72. The first-order chi connectivity index (χ1) is 13.0. The van der Waals surface area contributed by atoms with Gasteiger partial charge in [0.2, 0.25) is 0 Å². The number of pyridine rings is 1. The summed E-state index contributed by atoms with van der Waals surface area (Å²) >= 11 is 6.03. The minimum absolute atomic E-state index is 0.235. The zero-order valence-corrected chi connectivity index (χ0v) is 15.7. The van der Waals surface area contributed by atoms with Gasteiger partial charge in [-0.3, -0.25) is 9.59 Å². The van der Waals surface area contributed by atoms with Crippen molar-refractivity contribution in [3.63, 3.8) is 0 Å². The van der Waals surface area contributed by atoms with Crippen LogP contribution in [0.4, 0.5) is 0 Å². The van der Waals surface area contributed by atoms with Crippen LogP contribution in [0.15, 0.2) is 47.3 Å². The van der Waals surface area contributed by atoms with Gasteiger partial charge in [0, 0.05) is 17.5 Å². The number of ether oxygens (including phenoxy) is 2. The van der Waals surface area contributed by atoms with Gasteiger partial charge in [0.05, 0.1) is 30.3 Å². The van der Waals surface area contributed by atoms with Gasteiger partial charge in [0.25, 0.3) is 11.5 Å². The molecule has 1 heterocycles. The standard InChI is InChI=1S/C20H19ClN2O4/c1-26-16-7-8-17(27-2)18-14(16)11-12(19(24)23-18)9-10-22-20(25)13-5-3-4-6-15(13)21/h3-8,11H,9-10H2,1-2H3,(H,22,25)(H,23,24). The van der Waals surface area contributed by atoms with E-state index in [0.717, 1.165) is 5.39 Å². The summed E-state index contributed by atoms with van der Waals surface area (Å²) in [6, 6.07) is 12.1. The summed E-state index contributed by atoms with van der Waals surface area (Å²) in [7, 11) is 3.10. The van der Waals surface area contributed by atoms with E-state index in [1.54, 1.807) is 49.6 Å². The number of carbonyl (C=O) groups excluding carboxylic acids is 1. The molecule has 0 fully saturated rings. The molecule has 0 aliphatic heterocycles. The molecule has 0 saturated heterocycles. The summed E-state index contributed by atoms with van der Waals surface area (Å²) in [5.41, 5.74) is 1.28. The van der Waals surface area contributed by atoms with Crippen molar-refractivity contribution in [1.29, 1.82) is 0 Å².